The van der Waals surface area contributed by atoms with Gasteiger partial charge in [0.25, 0.3) is 0 Å². The van der Waals surface area contributed by atoms with E-state index in [1.54, 1.807) is 18.1 Å². The highest BCUT2D eigenvalue weighted by molar-refractivity contribution is 5.84. The van der Waals surface area contributed by atoms with E-state index >= 15 is 0 Å². The van der Waals surface area contributed by atoms with Crippen LogP contribution in [0.5, 0.6) is 5.75 Å². The molecule has 1 aromatic heterocycles. The number of aromatic nitrogens is 1. The number of fused-ring (bicyclic) bond motifs is 1. The molecule has 0 saturated heterocycles. The fraction of sp³-hybridized carbons (Fsp3) is 0.409. The summed E-state index contributed by atoms with van der Waals surface area (Å²) >= 11 is 0. The topological polar surface area (TPSA) is 80.8 Å². The Balaban J connectivity index is 1.55. The molecule has 7 nitrogen and oxygen atoms in total. The van der Waals surface area contributed by atoms with Gasteiger partial charge in [-0.2, -0.15) is 0 Å². The van der Waals surface area contributed by atoms with Gasteiger partial charge < -0.3 is 19.7 Å². The molecule has 7 heteroatoms. The maximum absolute atomic E-state index is 12.6. The van der Waals surface area contributed by atoms with E-state index in [-0.39, 0.29) is 18.3 Å². The summed E-state index contributed by atoms with van der Waals surface area (Å²) in [4.78, 5) is 30.1. The van der Waals surface area contributed by atoms with E-state index in [9.17, 15) is 9.59 Å². The Labute approximate surface area is 171 Å². The van der Waals surface area contributed by atoms with Gasteiger partial charge in [-0.15, -0.1) is 0 Å². The summed E-state index contributed by atoms with van der Waals surface area (Å²) in [5.41, 5.74) is 2.12. The molecular weight excluding hydrogens is 370 g/mol. The molecule has 2 heterocycles. The molecule has 0 fully saturated rings. The molecule has 1 amide bonds. The summed E-state index contributed by atoms with van der Waals surface area (Å²) in [6.07, 6.45) is 3.22. The third-order valence-corrected chi connectivity index (χ3v) is 4.98. The van der Waals surface area contributed by atoms with Gasteiger partial charge in [0.15, 0.2) is 0 Å². The van der Waals surface area contributed by atoms with E-state index in [1.807, 2.05) is 36.4 Å². The van der Waals surface area contributed by atoms with Crippen LogP contribution in [0.15, 0.2) is 42.6 Å². The number of carbonyl (C=O) groups excluding carboxylic acids is 2. The predicted octanol–water partition coefficient (Wildman–Crippen LogP) is 2.66. The number of ether oxygens (including phenoxy) is 2. The van der Waals surface area contributed by atoms with Gasteiger partial charge >= 0.3 is 5.97 Å². The summed E-state index contributed by atoms with van der Waals surface area (Å²) in [6, 6.07) is 11.7. The first-order valence-electron chi connectivity index (χ1n) is 9.78. The number of pyridine rings is 1. The van der Waals surface area contributed by atoms with Crippen molar-refractivity contribution in [3.05, 3.63) is 53.7 Å². The number of methoxy groups -OCH3 is 1. The van der Waals surface area contributed by atoms with Crippen molar-refractivity contribution in [3.8, 4) is 5.75 Å². The Morgan fingerprint density at radius 3 is 2.90 bits per heavy atom. The second-order valence-electron chi connectivity index (χ2n) is 7.15. The zero-order valence-electron chi connectivity index (χ0n) is 16.9. The highest BCUT2D eigenvalue weighted by Crippen LogP contribution is 2.27. The van der Waals surface area contributed by atoms with Crippen LogP contribution in [-0.4, -0.2) is 49.1 Å². The second kappa shape index (κ2) is 9.91. The van der Waals surface area contributed by atoms with E-state index in [0.29, 0.717) is 19.6 Å². The molecule has 0 saturated carbocycles. The Bertz CT molecular complexity index is 841. The van der Waals surface area contributed by atoms with Crippen molar-refractivity contribution in [3.63, 3.8) is 0 Å². The van der Waals surface area contributed by atoms with E-state index in [0.717, 1.165) is 35.7 Å². The fourth-order valence-corrected chi connectivity index (χ4v) is 3.43. The fourth-order valence-electron chi connectivity index (χ4n) is 3.43. The van der Waals surface area contributed by atoms with Crippen molar-refractivity contribution in [2.24, 2.45) is 5.92 Å². The number of nitrogens with one attached hydrogen (secondary N) is 1. The van der Waals surface area contributed by atoms with Crippen LogP contribution in [0.1, 0.15) is 24.0 Å². The van der Waals surface area contributed by atoms with Crippen molar-refractivity contribution < 1.29 is 19.1 Å². The maximum Gasteiger partial charge on any atom is 0.306 e. The molecule has 1 aliphatic rings. The molecule has 1 N–H and O–H groups in total. The third kappa shape index (κ3) is 5.70. The van der Waals surface area contributed by atoms with Crippen LogP contribution in [0, 0.1) is 5.92 Å². The number of hydrogen-bond acceptors (Lipinski definition) is 6. The van der Waals surface area contributed by atoms with Gasteiger partial charge in [0.05, 0.1) is 26.1 Å². The predicted molar refractivity (Wildman–Crippen MR) is 110 cm³/mol. The van der Waals surface area contributed by atoms with Crippen molar-refractivity contribution in [2.75, 3.05) is 32.6 Å². The summed E-state index contributed by atoms with van der Waals surface area (Å²) in [6.45, 7) is 1.86. The van der Waals surface area contributed by atoms with Gasteiger partial charge in [-0.25, -0.2) is 4.98 Å². The molecule has 1 atom stereocenters. The Kier molecular flexibility index (Phi) is 7.05. The minimum atomic E-state index is -0.391. The van der Waals surface area contributed by atoms with Crippen LogP contribution >= 0.6 is 0 Å². The Morgan fingerprint density at radius 1 is 1.28 bits per heavy atom. The smallest absolute Gasteiger partial charge is 0.306 e. The third-order valence-electron chi connectivity index (χ3n) is 4.98. The Hall–Kier alpha value is -3.09. The molecule has 2 aromatic rings. The monoisotopic (exact) mass is 397 g/mol. The van der Waals surface area contributed by atoms with Crippen LogP contribution in [0.3, 0.4) is 0 Å². The van der Waals surface area contributed by atoms with Crippen LogP contribution < -0.4 is 10.1 Å². The van der Waals surface area contributed by atoms with E-state index in [1.165, 1.54) is 7.11 Å². The van der Waals surface area contributed by atoms with Gasteiger partial charge in [-0.1, -0.05) is 12.1 Å². The SMILES string of the molecule is COC(=O)CC1Cc2ccc(OCCCNc3ccccn3)cc2CN(C)C1=O. The molecule has 0 spiro atoms. The number of anilines is 1. The van der Waals surface area contributed by atoms with Crippen LogP contribution in [0.25, 0.3) is 0 Å². The number of amides is 1. The molecule has 1 aromatic carbocycles. The van der Waals surface area contributed by atoms with E-state index in [2.05, 4.69) is 10.3 Å². The van der Waals surface area contributed by atoms with Gasteiger partial charge in [-0.05, 0) is 48.2 Å². The summed E-state index contributed by atoms with van der Waals surface area (Å²) < 4.78 is 10.6. The number of carbonyl (C=O) groups is 2. The average Bonchev–Trinajstić information content (AvgIpc) is 2.85. The lowest BCUT2D eigenvalue weighted by Gasteiger charge is -2.19. The summed E-state index contributed by atoms with van der Waals surface area (Å²) in [5.74, 6) is 0.855. The first-order chi connectivity index (χ1) is 14.1. The summed E-state index contributed by atoms with van der Waals surface area (Å²) in [5, 5.41) is 3.25. The second-order valence-corrected chi connectivity index (χ2v) is 7.15. The lowest BCUT2D eigenvalue weighted by Crippen LogP contribution is -2.32. The molecule has 1 unspecified atom stereocenters. The lowest BCUT2D eigenvalue weighted by molar-refractivity contribution is -0.146. The van der Waals surface area contributed by atoms with Crippen molar-refractivity contribution in [1.82, 2.24) is 9.88 Å². The van der Waals surface area contributed by atoms with Gasteiger partial charge in [-0.3, -0.25) is 9.59 Å². The number of rotatable bonds is 8. The van der Waals surface area contributed by atoms with Crippen LogP contribution in [0.4, 0.5) is 5.82 Å². The molecular formula is C22H27N3O4. The highest BCUT2D eigenvalue weighted by atomic mass is 16.5. The standard InChI is InChI=1S/C22H27N3O4/c1-25-15-18-13-19(29-11-5-10-24-20-6-3-4-9-23-20)8-7-16(18)12-17(22(25)27)14-21(26)28-2/h3-4,6-9,13,17H,5,10-12,14-15H2,1-2H3,(H,23,24). The number of hydrogen-bond donors (Lipinski definition) is 1. The lowest BCUT2D eigenvalue weighted by atomic mass is 9.94. The summed E-state index contributed by atoms with van der Waals surface area (Å²) in [7, 11) is 3.11. The average molecular weight is 397 g/mol. The van der Waals surface area contributed by atoms with Crippen molar-refractivity contribution >= 4 is 17.7 Å². The van der Waals surface area contributed by atoms with Gasteiger partial charge in [0.2, 0.25) is 5.91 Å². The molecule has 0 bridgehead atoms. The molecule has 29 heavy (non-hydrogen) atoms. The zero-order valence-corrected chi connectivity index (χ0v) is 16.9. The Morgan fingerprint density at radius 2 is 2.14 bits per heavy atom. The molecule has 3 rings (SSSR count). The zero-order chi connectivity index (χ0) is 20.6. The number of esters is 1. The van der Waals surface area contributed by atoms with Gasteiger partial charge in [0.1, 0.15) is 11.6 Å². The number of benzene rings is 1. The maximum atomic E-state index is 12.6. The largest absolute Gasteiger partial charge is 0.494 e. The quantitative estimate of drug-likeness (QED) is 0.545. The minimum Gasteiger partial charge on any atom is -0.494 e. The van der Waals surface area contributed by atoms with Crippen LogP contribution in [0.2, 0.25) is 0 Å². The van der Waals surface area contributed by atoms with E-state index < -0.39 is 5.92 Å². The first-order valence-corrected chi connectivity index (χ1v) is 9.78. The van der Waals surface area contributed by atoms with Crippen molar-refractivity contribution in [2.45, 2.75) is 25.8 Å². The molecule has 154 valence electrons. The molecule has 1 aliphatic heterocycles. The van der Waals surface area contributed by atoms with Crippen LogP contribution in [-0.2, 0) is 27.3 Å². The molecule has 0 radical (unpaired) electrons. The first kappa shape index (κ1) is 20.6. The van der Waals surface area contributed by atoms with Gasteiger partial charge in [0, 0.05) is 26.3 Å². The highest BCUT2D eigenvalue weighted by Gasteiger charge is 2.29. The van der Waals surface area contributed by atoms with E-state index in [4.69, 9.17) is 9.47 Å². The minimum absolute atomic E-state index is 0.0327. The molecule has 0 aliphatic carbocycles. The number of nitrogens with zero attached hydrogens (tertiary/aromatic N) is 2. The normalized spacial score (nSPS) is 16.0. The van der Waals surface area contributed by atoms with Crippen molar-refractivity contribution in [1.29, 1.82) is 0 Å².